The third-order valence-electron chi connectivity index (χ3n) is 7.94. The van der Waals surface area contributed by atoms with Gasteiger partial charge in [0.15, 0.2) is 5.82 Å². The van der Waals surface area contributed by atoms with Crippen molar-refractivity contribution in [1.82, 2.24) is 9.97 Å². The highest BCUT2D eigenvalue weighted by Gasteiger charge is 2.51. The Morgan fingerprint density at radius 2 is 1.39 bits per heavy atom. The number of hydrogen-bond acceptors (Lipinski definition) is 5. The van der Waals surface area contributed by atoms with Crippen LogP contribution < -0.4 is 5.46 Å². The fraction of sp³-hybridized carbons (Fsp3) is 0.188. The van der Waals surface area contributed by atoms with Crippen LogP contribution in [0.2, 0.25) is 0 Å². The van der Waals surface area contributed by atoms with E-state index in [1.165, 1.54) is 0 Å². The van der Waals surface area contributed by atoms with E-state index in [1.807, 2.05) is 60.7 Å². The summed E-state index contributed by atoms with van der Waals surface area (Å²) in [4.78, 5) is 10.1. The van der Waals surface area contributed by atoms with E-state index in [4.69, 9.17) is 23.7 Å². The van der Waals surface area contributed by atoms with Crippen molar-refractivity contribution >= 4 is 45.4 Å². The molecule has 4 aromatic carbocycles. The molecule has 0 spiro atoms. The molecule has 1 aliphatic rings. The number of para-hydroxylation sites is 1. The van der Waals surface area contributed by atoms with Crippen molar-refractivity contribution in [3.8, 4) is 22.6 Å². The zero-order valence-corrected chi connectivity index (χ0v) is 21.9. The molecule has 186 valence electrons. The minimum atomic E-state index is -0.455. The molecule has 6 aromatic rings. The highest BCUT2D eigenvalue weighted by molar-refractivity contribution is 6.62. The Balaban J connectivity index is 1.44. The van der Waals surface area contributed by atoms with E-state index < -0.39 is 18.3 Å². The molecule has 3 heterocycles. The second kappa shape index (κ2) is 8.25. The SMILES string of the molecule is CC1(C)OB(c2ccc3oc4cccc(-c5nc(-c6ccccc6)c6ccccc6n5)c4c3c2)OC1(C)C. The summed E-state index contributed by atoms with van der Waals surface area (Å²) in [5, 5.41) is 2.99. The molecular formula is C32H27BN2O3. The number of furan rings is 1. The summed E-state index contributed by atoms with van der Waals surface area (Å²) >= 11 is 0. The average molecular weight is 498 g/mol. The molecule has 0 unspecified atom stereocenters. The first-order valence-corrected chi connectivity index (χ1v) is 12.9. The Morgan fingerprint density at radius 1 is 0.658 bits per heavy atom. The summed E-state index contributed by atoms with van der Waals surface area (Å²) < 4.78 is 19.0. The fourth-order valence-electron chi connectivity index (χ4n) is 5.17. The Hall–Kier alpha value is -4.00. The first kappa shape index (κ1) is 23.1. The largest absolute Gasteiger partial charge is 0.494 e. The predicted octanol–water partition coefficient (Wildman–Crippen LogP) is 7.16. The second-order valence-electron chi connectivity index (χ2n) is 10.9. The van der Waals surface area contributed by atoms with E-state index in [-0.39, 0.29) is 0 Å². The topological polar surface area (TPSA) is 57.4 Å². The van der Waals surface area contributed by atoms with Crippen LogP contribution in [0.25, 0.3) is 55.5 Å². The number of benzene rings is 4. The lowest BCUT2D eigenvalue weighted by Crippen LogP contribution is -2.41. The monoisotopic (exact) mass is 498 g/mol. The third-order valence-corrected chi connectivity index (χ3v) is 7.94. The molecule has 0 aliphatic carbocycles. The Bertz CT molecular complexity index is 1830. The maximum Gasteiger partial charge on any atom is 0.494 e. The molecule has 6 heteroatoms. The van der Waals surface area contributed by atoms with E-state index in [1.54, 1.807) is 0 Å². The van der Waals surface area contributed by atoms with Gasteiger partial charge in [-0.1, -0.05) is 72.8 Å². The molecule has 7 rings (SSSR count). The van der Waals surface area contributed by atoms with Gasteiger partial charge in [0, 0.05) is 27.3 Å². The van der Waals surface area contributed by atoms with Gasteiger partial charge in [-0.15, -0.1) is 0 Å². The first-order valence-electron chi connectivity index (χ1n) is 12.9. The van der Waals surface area contributed by atoms with Crippen molar-refractivity contribution in [3.05, 3.63) is 91.0 Å². The Labute approximate surface area is 221 Å². The maximum absolute atomic E-state index is 6.34. The van der Waals surface area contributed by atoms with Crippen LogP contribution >= 0.6 is 0 Å². The summed E-state index contributed by atoms with van der Waals surface area (Å²) in [6.45, 7) is 8.27. The molecule has 0 saturated carbocycles. The molecule has 1 saturated heterocycles. The Kier molecular flexibility index (Phi) is 5.03. The van der Waals surface area contributed by atoms with Crippen molar-refractivity contribution in [3.63, 3.8) is 0 Å². The molecule has 0 bridgehead atoms. The smallest absolute Gasteiger partial charge is 0.456 e. The minimum Gasteiger partial charge on any atom is -0.456 e. The highest BCUT2D eigenvalue weighted by atomic mass is 16.7. The number of hydrogen-bond donors (Lipinski definition) is 0. The van der Waals surface area contributed by atoms with Crippen LogP contribution in [0.4, 0.5) is 0 Å². The van der Waals surface area contributed by atoms with Gasteiger partial charge in [0.1, 0.15) is 11.2 Å². The second-order valence-corrected chi connectivity index (χ2v) is 10.9. The number of fused-ring (bicyclic) bond motifs is 4. The normalized spacial score (nSPS) is 16.6. The van der Waals surface area contributed by atoms with Crippen LogP contribution in [0.1, 0.15) is 27.7 Å². The molecule has 38 heavy (non-hydrogen) atoms. The molecule has 5 nitrogen and oxygen atoms in total. The van der Waals surface area contributed by atoms with Crippen molar-refractivity contribution in [2.75, 3.05) is 0 Å². The first-order chi connectivity index (χ1) is 18.3. The molecule has 0 amide bonds. The van der Waals surface area contributed by atoms with Gasteiger partial charge in [-0.05, 0) is 51.4 Å². The van der Waals surface area contributed by atoms with Gasteiger partial charge < -0.3 is 13.7 Å². The number of aromatic nitrogens is 2. The lowest BCUT2D eigenvalue weighted by molar-refractivity contribution is 0.00578. The number of nitrogens with zero attached hydrogens (tertiary/aromatic N) is 2. The average Bonchev–Trinajstić information content (AvgIpc) is 3.40. The van der Waals surface area contributed by atoms with Gasteiger partial charge in [0.05, 0.1) is 22.4 Å². The van der Waals surface area contributed by atoms with E-state index >= 15 is 0 Å². The zero-order chi connectivity index (χ0) is 26.1. The summed E-state index contributed by atoms with van der Waals surface area (Å²) in [7, 11) is -0.455. The molecule has 0 radical (unpaired) electrons. The maximum atomic E-state index is 6.34. The van der Waals surface area contributed by atoms with Crippen LogP contribution in [-0.4, -0.2) is 28.3 Å². The van der Waals surface area contributed by atoms with Gasteiger partial charge in [-0.25, -0.2) is 9.97 Å². The van der Waals surface area contributed by atoms with E-state index in [0.29, 0.717) is 5.82 Å². The van der Waals surface area contributed by atoms with Crippen LogP contribution in [0.5, 0.6) is 0 Å². The van der Waals surface area contributed by atoms with Gasteiger partial charge in [0.25, 0.3) is 0 Å². The molecule has 1 fully saturated rings. The van der Waals surface area contributed by atoms with Crippen molar-refractivity contribution < 1.29 is 13.7 Å². The van der Waals surface area contributed by atoms with Crippen LogP contribution in [0, 0.1) is 0 Å². The summed E-state index contributed by atoms with van der Waals surface area (Å²) in [5.74, 6) is 0.664. The summed E-state index contributed by atoms with van der Waals surface area (Å²) in [5.41, 5.74) is 5.52. The van der Waals surface area contributed by atoms with Gasteiger partial charge in [0.2, 0.25) is 0 Å². The van der Waals surface area contributed by atoms with Crippen molar-refractivity contribution in [1.29, 1.82) is 0 Å². The molecule has 2 aromatic heterocycles. The van der Waals surface area contributed by atoms with Gasteiger partial charge >= 0.3 is 7.12 Å². The standard InChI is InChI=1S/C32H27BN2O3/c1-31(2)32(3,4)38-33(37-31)21-17-18-26-24(19-21)28-23(14-10-16-27(28)36-26)30-34-25-15-9-8-13-22(25)29(35-30)20-11-6-5-7-12-20/h5-19H,1-4H3. The van der Waals surface area contributed by atoms with Crippen LogP contribution in [0.3, 0.4) is 0 Å². The predicted molar refractivity (Wildman–Crippen MR) is 153 cm³/mol. The van der Waals surface area contributed by atoms with Crippen LogP contribution in [-0.2, 0) is 9.31 Å². The van der Waals surface area contributed by atoms with Crippen LogP contribution in [0.15, 0.2) is 95.4 Å². The molecule has 1 aliphatic heterocycles. The molecule has 0 N–H and O–H groups in total. The van der Waals surface area contributed by atoms with Gasteiger partial charge in [-0.2, -0.15) is 0 Å². The fourth-order valence-corrected chi connectivity index (χ4v) is 5.17. The highest BCUT2D eigenvalue weighted by Crippen LogP contribution is 2.39. The number of rotatable bonds is 3. The van der Waals surface area contributed by atoms with E-state index in [0.717, 1.165) is 55.1 Å². The quantitative estimate of drug-likeness (QED) is 0.242. The lowest BCUT2D eigenvalue weighted by Gasteiger charge is -2.32. The Morgan fingerprint density at radius 3 is 2.18 bits per heavy atom. The van der Waals surface area contributed by atoms with Gasteiger partial charge in [-0.3, -0.25) is 0 Å². The van der Waals surface area contributed by atoms with Crippen molar-refractivity contribution in [2.45, 2.75) is 38.9 Å². The van der Waals surface area contributed by atoms with E-state index in [2.05, 4.69) is 58.0 Å². The minimum absolute atomic E-state index is 0.414. The lowest BCUT2D eigenvalue weighted by atomic mass is 9.78. The third kappa shape index (κ3) is 3.56. The summed E-state index contributed by atoms with van der Waals surface area (Å²) in [6, 6.07) is 30.6. The molecule has 0 atom stereocenters. The summed E-state index contributed by atoms with van der Waals surface area (Å²) in [6.07, 6.45) is 0. The van der Waals surface area contributed by atoms with Crippen molar-refractivity contribution in [2.24, 2.45) is 0 Å². The molecular weight excluding hydrogens is 471 g/mol. The zero-order valence-electron chi connectivity index (χ0n) is 21.9. The van der Waals surface area contributed by atoms with E-state index in [9.17, 15) is 0 Å².